The van der Waals surface area contributed by atoms with Gasteiger partial charge in [0.15, 0.2) is 0 Å². The molecule has 34 heavy (non-hydrogen) atoms. The van der Waals surface area contributed by atoms with Crippen molar-refractivity contribution in [3.05, 3.63) is 24.3 Å². The molecule has 1 amide bonds. The molecule has 5 heteroatoms. The molecule has 0 bridgehead atoms. The second-order valence-corrected chi connectivity index (χ2v) is 11.6. The topological polar surface area (TPSA) is 61.6 Å². The third-order valence-electron chi connectivity index (χ3n) is 7.73. The highest BCUT2D eigenvalue weighted by Gasteiger charge is 2.29. The fraction of sp³-hybridized carbons (Fsp3) is 0.759. The number of nitrogens with one attached hydrogen (secondary N) is 1. The van der Waals surface area contributed by atoms with E-state index in [1.165, 1.54) is 49.9 Å². The molecule has 0 aromatic heterocycles. The summed E-state index contributed by atoms with van der Waals surface area (Å²) in [5.41, 5.74) is 8.74. The average Bonchev–Trinajstić information content (AvgIpc) is 2.83. The molecule has 192 valence electrons. The van der Waals surface area contributed by atoms with E-state index in [1.54, 1.807) is 0 Å². The van der Waals surface area contributed by atoms with Gasteiger partial charge in [0.25, 0.3) is 0 Å². The molecule has 1 saturated carbocycles. The highest BCUT2D eigenvalue weighted by atomic mass is 16.2. The Morgan fingerprint density at radius 2 is 1.65 bits per heavy atom. The second-order valence-electron chi connectivity index (χ2n) is 11.6. The van der Waals surface area contributed by atoms with Crippen LogP contribution in [0.2, 0.25) is 0 Å². The van der Waals surface area contributed by atoms with E-state index in [-0.39, 0.29) is 11.9 Å². The van der Waals surface area contributed by atoms with E-state index in [9.17, 15) is 4.79 Å². The van der Waals surface area contributed by atoms with Gasteiger partial charge in [-0.05, 0) is 80.5 Å². The van der Waals surface area contributed by atoms with Crippen molar-refractivity contribution in [3.8, 4) is 0 Å². The molecule has 1 atom stereocenters. The van der Waals surface area contributed by atoms with E-state index in [0.717, 1.165) is 51.4 Å². The summed E-state index contributed by atoms with van der Waals surface area (Å²) in [6.45, 7) is 12.6. The van der Waals surface area contributed by atoms with Crippen LogP contribution in [0.15, 0.2) is 24.3 Å². The Kier molecular flexibility index (Phi) is 10.6. The summed E-state index contributed by atoms with van der Waals surface area (Å²) in [4.78, 5) is 17.4. The van der Waals surface area contributed by atoms with Crippen molar-refractivity contribution in [3.63, 3.8) is 0 Å². The van der Waals surface area contributed by atoms with Crippen LogP contribution >= 0.6 is 0 Å². The standard InChI is InChI=1S/C29H50N4O/c1-22(2)14-19-33(27-15-17-32(18-16-27)29(34)28(30)20-23(3)4)26-12-10-25(11-13-26)31-21-24-8-6-5-7-9-24/h10-13,22-24,27-28,31H,5-9,14-21,30H2,1-4H3. The van der Waals surface area contributed by atoms with E-state index >= 15 is 0 Å². The lowest BCUT2D eigenvalue weighted by atomic mass is 9.89. The third kappa shape index (κ3) is 8.18. The molecule has 0 radical (unpaired) electrons. The quantitative estimate of drug-likeness (QED) is 0.423. The number of nitrogens with two attached hydrogens (primary N) is 1. The normalized spacial score (nSPS) is 19.0. The van der Waals surface area contributed by atoms with Gasteiger partial charge in [-0.15, -0.1) is 0 Å². The molecule has 3 N–H and O–H groups in total. The van der Waals surface area contributed by atoms with Crippen LogP contribution in [0.5, 0.6) is 0 Å². The first-order valence-electron chi connectivity index (χ1n) is 14.0. The van der Waals surface area contributed by atoms with Crippen LogP contribution in [0.1, 0.15) is 85.5 Å². The van der Waals surface area contributed by atoms with Crippen LogP contribution in [0.25, 0.3) is 0 Å². The molecule has 1 unspecified atom stereocenters. The number of rotatable bonds is 11. The predicted molar refractivity (Wildman–Crippen MR) is 145 cm³/mol. The van der Waals surface area contributed by atoms with Gasteiger partial charge >= 0.3 is 0 Å². The third-order valence-corrected chi connectivity index (χ3v) is 7.73. The van der Waals surface area contributed by atoms with Gasteiger partial charge < -0.3 is 20.9 Å². The van der Waals surface area contributed by atoms with Gasteiger partial charge in [0.05, 0.1) is 6.04 Å². The van der Waals surface area contributed by atoms with Crippen LogP contribution in [0.4, 0.5) is 11.4 Å². The van der Waals surface area contributed by atoms with Gasteiger partial charge in [0.2, 0.25) is 5.91 Å². The van der Waals surface area contributed by atoms with Gasteiger partial charge in [-0.3, -0.25) is 4.79 Å². The number of carbonyl (C=O) groups excluding carboxylic acids is 1. The lowest BCUT2D eigenvalue weighted by Gasteiger charge is -2.41. The van der Waals surface area contributed by atoms with Crippen molar-refractivity contribution in [2.75, 3.05) is 36.4 Å². The van der Waals surface area contributed by atoms with Gasteiger partial charge in [-0.1, -0.05) is 47.0 Å². The second kappa shape index (κ2) is 13.4. The number of benzene rings is 1. The first kappa shape index (κ1) is 26.8. The predicted octanol–water partition coefficient (Wildman–Crippen LogP) is 5.90. The fourth-order valence-corrected chi connectivity index (χ4v) is 5.59. The summed E-state index contributed by atoms with van der Waals surface area (Å²) in [6.07, 6.45) is 10.9. The first-order chi connectivity index (χ1) is 16.3. The molecule has 2 aliphatic rings. The Hall–Kier alpha value is -1.75. The molecule has 1 aliphatic carbocycles. The molecule has 1 aromatic rings. The Morgan fingerprint density at radius 1 is 1.00 bits per heavy atom. The smallest absolute Gasteiger partial charge is 0.239 e. The van der Waals surface area contributed by atoms with Gasteiger partial charge in [0, 0.05) is 43.6 Å². The zero-order chi connectivity index (χ0) is 24.5. The number of carbonyl (C=O) groups is 1. The van der Waals surface area contributed by atoms with Crippen LogP contribution in [-0.2, 0) is 4.79 Å². The van der Waals surface area contributed by atoms with Crippen molar-refractivity contribution in [2.45, 2.75) is 97.6 Å². The summed E-state index contributed by atoms with van der Waals surface area (Å²) < 4.78 is 0. The summed E-state index contributed by atoms with van der Waals surface area (Å²) in [6, 6.07) is 9.21. The molecule has 0 spiro atoms. The van der Waals surface area contributed by atoms with Crippen molar-refractivity contribution >= 4 is 17.3 Å². The van der Waals surface area contributed by atoms with Crippen LogP contribution in [0, 0.1) is 17.8 Å². The van der Waals surface area contributed by atoms with Crippen LogP contribution in [-0.4, -0.2) is 49.1 Å². The molecule has 2 fully saturated rings. The van der Waals surface area contributed by atoms with Crippen LogP contribution < -0.4 is 16.0 Å². The number of amides is 1. The highest BCUT2D eigenvalue weighted by molar-refractivity contribution is 5.81. The number of nitrogens with zero attached hydrogens (tertiary/aromatic N) is 2. The first-order valence-corrected chi connectivity index (χ1v) is 14.0. The molecular weight excluding hydrogens is 420 g/mol. The minimum absolute atomic E-state index is 0.134. The summed E-state index contributed by atoms with van der Waals surface area (Å²) in [5.74, 6) is 2.09. The summed E-state index contributed by atoms with van der Waals surface area (Å²) in [5, 5.41) is 3.68. The van der Waals surface area contributed by atoms with E-state index in [1.807, 2.05) is 4.90 Å². The molecular formula is C29H50N4O. The van der Waals surface area contributed by atoms with Crippen molar-refractivity contribution in [1.82, 2.24) is 4.90 Å². The SMILES string of the molecule is CC(C)CCN(c1ccc(NCC2CCCCC2)cc1)C1CCN(C(=O)C(N)CC(C)C)CC1. The largest absolute Gasteiger partial charge is 0.385 e. The maximum atomic E-state index is 12.8. The molecule has 1 heterocycles. The Morgan fingerprint density at radius 3 is 2.24 bits per heavy atom. The summed E-state index contributed by atoms with van der Waals surface area (Å²) >= 11 is 0. The van der Waals surface area contributed by atoms with Crippen molar-refractivity contribution in [1.29, 1.82) is 0 Å². The van der Waals surface area contributed by atoms with E-state index in [4.69, 9.17) is 5.73 Å². The molecule has 1 aliphatic heterocycles. The van der Waals surface area contributed by atoms with E-state index in [2.05, 4.69) is 62.2 Å². The van der Waals surface area contributed by atoms with Gasteiger partial charge in [-0.2, -0.15) is 0 Å². The van der Waals surface area contributed by atoms with Crippen molar-refractivity contribution < 1.29 is 4.79 Å². The maximum Gasteiger partial charge on any atom is 0.239 e. The highest BCUT2D eigenvalue weighted by Crippen LogP contribution is 2.28. The average molecular weight is 471 g/mol. The monoisotopic (exact) mass is 470 g/mol. The van der Waals surface area contributed by atoms with Gasteiger partial charge in [-0.25, -0.2) is 0 Å². The van der Waals surface area contributed by atoms with Gasteiger partial charge in [0.1, 0.15) is 0 Å². The molecule has 3 rings (SSSR count). The number of hydrogen-bond donors (Lipinski definition) is 2. The summed E-state index contributed by atoms with van der Waals surface area (Å²) in [7, 11) is 0. The van der Waals surface area contributed by atoms with Crippen molar-refractivity contribution in [2.24, 2.45) is 23.5 Å². The van der Waals surface area contributed by atoms with Crippen LogP contribution in [0.3, 0.4) is 0 Å². The zero-order valence-electron chi connectivity index (χ0n) is 22.3. The molecule has 1 aromatic carbocycles. The fourth-order valence-electron chi connectivity index (χ4n) is 5.59. The number of hydrogen-bond acceptors (Lipinski definition) is 4. The number of piperidine rings is 1. The minimum Gasteiger partial charge on any atom is -0.385 e. The zero-order valence-corrected chi connectivity index (χ0v) is 22.3. The van der Waals surface area contributed by atoms with E-state index in [0.29, 0.717) is 17.9 Å². The minimum atomic E-state index is -0.359. The lowest BCUT2D eigenvalue weighted by molar-refractivity contribution is -0.134. The van der Waals surface area contributed by atoms with E-state index < -0.39 is 0 Å². The number of likely N-dealkylation sites (tertiary alicyclic amines) is 1. The Balaban J connectivity index is 1.58. The molecule has 5 nitrogen and oxygen atoms in total. The molecule has 1 saturated heterocycles. The lowest BCUT2D eigenvalue weighted by Crippen LogP contribution is -2.51. The Labute approximate surface area is 208 Å². The Bertz CT molecular complexity index is 718. The maximum absolute atomic E-state index is 12.8. The number of anilines is 2.